The van der Waals surface area contributed by atoms with Crippen molar-refractivity contribution in [3.8, 4) is 0 Å². The number of carbonyl (C=O) groups is 3. The van der Waals surface area contributed by atoms with Crippen molar-refractivity contribution in [1.29, 1.82) is 0 Å². The van der Waals surface area contributed by atoms with Gasteiger partial charge >= 0.3 is 23.5 Å². The zero-order valence-corrected chi connectivity index (χ0v) is 16.4. The third-order valence-corrected chi connectivity index (χ3v) is 3.82. The van der Waals surface area contributed by atoms with Crippen LogP contribution in [0.4, 0.5) is 0 Å². The smallest absolute Gasteiger partial charge is 0.363 e. The summed E-state index contributed by atoms with van der Waals surface area (Å²) < 4.78 is 15.8. The van der Waals surface area contributed by atoms with Gasteiger partial charge in [0.2, 0.25) is 0 Å². The highest BCUT2D eigenvalue weighted by atomic mass is 16.6. The van der Waals surface area contributed by atoms with Crippen molar-refractivity contribution in [3.63, 3.8) is 0 Å². The summed E-state index contributed by atoms with van der Waals surface area (Å²) in [5.74, 6) is -2.82. The van der Waals surface area contributed by atoms with Crippen LogP contribution in [0.25, 0.3) is 0 Å². The van der Waals surface area contributed by atoms with Crippen LogP contribution in [-0.4, -0.2) is 36.2 Å². The highest BCUT2D eigenvalue weighted by molar-refractivity contribution is 6.07. The Kier molecular flexibility index (Phi) is 6.57. The third-order valence-electron chi connectivity index (χ3n) is 3.82. The molecule has 6 heteroatoms. The maximum absolute atomic E-state index is 13.1. The van der Waals surface area contributed by atoms with Gasteiger partial charge in [-0.1, -0.05) is 48.5 Å². The van der Waals surface area contributed by atoms with Gasteiger partial charge in [-0.05, 0) is 38.5 Å². The molecular weight excluding hydrogens is 360 g/mol. The third kappa shape index (κ3) is 5.19. The Bertz CT molecular complexity index is 823. The van der Waals surface area contributed by atoms with Gasteiger partial charge in [-0.2, -0.15) is 0 Å². The van der Waals surface area contributed by atoms with Gasteiger partial charge in [-0.25, -0.2) is 14.4 Å². The van der Waals surface area contributed by atoms with E-state index >= 15 is 0 Å². The first kappa shape index (κ1) is 21.2. The lowest BCUT2D eigenvalue weighted by molar-refractivity contribution is -0.189. The maximum Gasteiger partial charge on any atom is 0.363 e. The molecule has 148 valence electrons. The summed E-state index contributed by atoms with van der Waals surface area (Å²) in [7, 11) is 1.13. The summed E-state index contributed by atoms with van der Waals surface area (Å²) in [6.07, 6.45) is -0.214. The van der Waals surface area contributed by atoms with Crippen molar-refractivity contribution < 1.29 is 28.6 Å². The molecule has 0 aromatic heterocycles. The highest BCUT2D eigenvalue weighted by Gasteiger charge is 2.54. The minimum atomic E-state index is -2.27. The number of methoxy groups -OCH3 is 1. The zero-order chi connectivity index (χ0) is 20.8. The van der Waals surface area contributed by atoms with Crippen LogP contribution in [0.3, 0.4) is 0 Å². The molecule has 2 aromatic rings. The van der Waals surface area contributed by atoms with E-state index in [1.165, 1.54) is 12.1 Å². The molecule has 28 heavy (non-hydrogen) atoms. The van der Waals surface area contributed by atoms with E-state index in [1.54, 1.807) is 69.3 Å². The Hall–Kier alpha value is -3.15. The number of rotatable bonds is 6. The maximum atomic E-state index is 13.1. The second-order valence-corrected chi connectivity index (χ2v) is 7.24. The minimum Gasteiger partial charge on any atom is -0.466 e. The van der Waals surface area contributed by atoms with Gasteiger partial charge in [0.05, 0.1) is 12.7 Å². The Morgan fingerprint density at radius 2 is 1.32 bits per heavy atom. The van der Waals surface area contributed by atoms with Gasteiger partial charge in [0.1, 0.15) is 5.60 Å². The lowest BCUT2D eigenvalue weighted by atomic mass is 9.93. The van der Waals surface area contributed by atoms with Crippen molar-refractivity contribution >= 4 is 17.9 Å². The molecule has 0 saturated carbocycles. The molecule has 0 aliphatic rings. The van der Waals surface area contributed by atoms with Gasteiger partial charge in [0.25, 0.3) is 0 Å². The Morgan fingerprint density at radius 1 is 0.786 bits per heavy atom. The molecule has 2 aromatic carbocycles. The van der Waals surface area contributed by atoms with Crippen molar-refractivity contribution in [2.24, 2.45) is 0 Å². The van der Waals surface area contributed by atoms with E-state index in [0.717, 1.165) is 7.11 Å². The molecule has 0 N–H and O–H groups in total. The summed E-state index contributed by atoms with van der Waals surface area (Å²) in [5, 5.41) is 0. The van der Waals surface area contributed by atoms with E-state index in [9.17, 15) is 14.4 Å². The normalized spacial score (nSPS) is 13.1. The van der Waals surface area contributed by atoms with Gasteiger partial charge in [-0.15, -0.1) is 0 Å². The number of esters is 3. The molecule has 0 bridgehead atoms. The molecule has 0 aliphatic carbocycles. The first-order valence-corrected chi connectivity index (χ1v) is 8.82. The Balaban J connectivity index is 2.50. The fraction of sp³-hybridized carbons (Fsp3) is 0.318. The average Bonchev–Trinajstić information content (AvgIpc) is 2.66. The van der Waals surface area contributed by atoms with Gasteiger partial charge in [0, 0.05) is 6.42 Å². The van der Waals surface area contributed by atoms with E-state index in [0.29, 0.717) is 5.56 Å². The second-order valence-electron chi connectivity index (χ2n) is 7.24. The van der Waals surface area contributed by atoms with Crippen LogP contribution in [0.15, 0.2) is 60.7 Å². The first-order valence-electron chi connectivity index (χ1n) is 8.82. The molecule has 0 amide bonds. The topological polar surface area (TPSA) is 78.9 Å². The predicted molar refractivity (Wildman–Crippen MR) is 103 cm³/mol. The number of carbonyl (C=O) groups excluding carboxylic acids is 3. The van der Waals surface area contributed by atoms with Gasteiger partial charge in [0.15, 0.2) is 0 Å². The fourth-order valence-electron chi connectivity index (χ4n) is 2.55. The quantitative estimate of drug-likeness (QED) is 0.432. The van der Waals surface area contributed by atoms with Gasteiger partial charge in [-0.3, -0.25) is 0 Å². The monoisotopic (exact) mass is 384 g/mol. The van der Waals surface area contributed by atoms with E-state index < -0.39 is 29.1 Å². The van der Waals surface area contributed by atoms with Crippen LogP contribution < -0.4 is 0 Å². The van der Waals surface area contributed by atoms with E-state index in [4.69, 9.17) is 14.2 Å². The lowest BCUT2D eigenvalue weighted by Gasteiger charge is -2.32. The van der Waals surface area contributed by atoms with Crippen molar-refractivity contribution in [3.05, 3.63) is 71.8 Å². The average molecular weight is 384 g/mol. The standard InChI is InChI=1S/C22H24O6/c1-21(2,3)28-20(25)22(19(24)26-4,15-16-11-7-5-8-12-16)27-18(23)17-13-9-6-10-14-17/h5-14H,15H2,1-4H3/t22-/m1/s1. The molecular formula is C22H24O6. The summed E-state index contributed by atoms with van der Waals surface area (Å²) >= 11 is 0. The molecule has 0 fully saturated rings. The van der Waals surface area contributed by atoms with E-state index in [2.05, 4.69) is 0 Å². The summed E-state index contributed by atoms with van der Waals surface area (Å²) in [5.41, 5.74) is -2.35. The van der Waals surface area contributed by atoms with Crippen LogP contribution in [0, 0.1) is 0 Å². The van der Waals surface area contributed by atoms with Gasteiger partial charge < -0.3 is 14.2 Å². The van der Waals surface area contributed by atoms with Crippen molar-refractivity contribution in [1.82, 2.24) is 0 Å². The highest BCUT2D eigenvalue weighted by Crippen LogP contribution is 2.26. The second kappa shape index (κ2) is 8.69. The minimum absolute atomic E-state index is 0.201. The molecule has 0 aliphatic heterocycles. The Labute approximate surface area is 164 Å². The van der Waals surface area contributed by atoms with E-state index in [1.807, 2.05) is 0 Å². The van der Waals surface area contributed by atoms with Crippen LogP contribution in [0.1, 0.15) is 36.7 Å². The Morgan fingerprint density at radius 3 is 1.82 bits per heavy atom. The largest absolute Gasteiger partial charge is 0.466 e. The molecule has 0 heterocycles. The first-order chi connectivity index (χ1) is 13.2. The summed E-state index contributed by atoms with van der Waals surface area (Å²) in [6.45, 7) is 4.98. The molecule has 2 rings (SSSR count). The molecule has 0 saturated heterocycles. The molecule has 0 unspecified atom stereocenters. The van der Waals surface area contributed by atoms with Crippen LogP contribution in [0.5, 0.6) is 0 Å². The molecule has 0 radical (unpaired) electrons. The number of benzene rings is 2. The van der Waals surface area contributed by atoms with Crippen LogP contribution >= 0.6 is 0 Å². The van der Waals surface area contributed by atoms with Crippen LogP contribution in [-0.2, 0) is 30.2 Å². The van der Waals surface area contributed by atoms with Crippen LogP contribution in [0.2, 0.25) is 0 Å². The SMILES string of the molecule is COC(=O)[C@@](Cc1ccccc1)(OC(=O)c1ccccc1)C(=O)OC(C)(C)C. The predicted octanol–water partition coefficient (Wildman–Crippen LogP) is 3.34. The number of ether oxygens (including phenoxy) is 3. The summed E-state index contributed by atoms with van der Waals surface area (Å²) in [4.78, 5) is 38.5. The van der Waals surface area contributed by atoms with Crippen molar-refractivity contribution in [2.45, 2.75) is 38.4 Å². The number of hydrogen-bond donors (Lipinski definition) is 0. The van der Waals surface area contributed by atoms with Crippen molar-refractivity contribution in [2.75, 3.05) is 7.11 Å². The summed E-state index contributed by atoms with van der Waals surface area (Å²) in [6, 6.07) is 16.9. The lowest BCUT2D eigenvalue weighted by Crippen LogP contribution is -2.55. The molecule has 6 nitrogen and oxygen atoms in total. The van der Waals surface area contributed by atoms with E-state index in [-0.39, 0.29) is 12.0 Å². The molecule has 1 atom stereocenters. The molecule has 0 spiro atoms. The fourth-order valence-corrected chi connectivity index (χ4v) is 2.55. The number of hydrogen-bond acceptors (Lipinski definition) is 6. The zero-order valence-electron chi connectivity index (χ0n) is 16.4.